The summed E-state index contributed by atoms with van der Waals surface area (Å²) >= 11 is 0. The third-order valence-corrected chi connectivity index (χ3v) is 4.63. The van der Waals surface area contributed by atoms with Crippen molar-refractivity contribution in [3.05, 3.63) is 53.9 Å². The summed E-state index contributed by atoms with van der Waals surface area (Å²) in [6, 6.07) is 9.83. The quantitative estimate of drug-likeness (QED) is 0.934. The molecule has 3 heterocycles. The SMILES string of the molecule is O=C(NCc1cccnc1)N1CCC[C@H]1c1ccc2c(c1)OCCO2. The number of hydrogen-bond donors (Lipinski definition) is 1. The Morgan fingerprint density at radius 3 is 2.96 bits per heavy atom. The zero-order valence-corrected chi connectivity index (χ0v) is 14.0. The predicted molar refractivity (Wildman–Crippen MR) is 92.6 cm³/mol. The van der Waals surface area contributed by atoms with Crippen LogP contribution >= 0.6 is 0 Å². The highest BCUT2D eigenvalue weighted by atomic mass is 16.6. The van der Waals surface area contributed by atoms with Gasteiger partial charge in [0.2, 0.25) is 0 Å². The van der Waals surface area contributed by atoms with Gasteiger partial charge in [-0.3, -0.25) is 4.98 Å². The third-order valence-electron chi connectivity index (χ3n) is 4.63. The van der Waals surface area contributed by atoms with Crippen LogP contribution in [0.15, 0.2) is 42.7 Å². The fourth-order valence-electron chi connectivity index (χ4n) is 3.41. The van der Waals surface area contributed by atoms with Gasteiger partial charge in [-0.15, -0.1) is 0 Å². The second-order valence-electron chi connectivity index (χ2n) is 6.27. The monoisotopic (exact) mass is 339 g/mol. The van der Waals surface area contributed by atoms with Gasteiger partial charge in [-0.25, -0.2) is 4.79 Å². The average molecular weight is 339 g/mol. The molecule has 1 aromatic heterocycles. The summed E-state index contributed by atoms with van der Waals surface area (Å²) in [4.78, 5) is 18.6. The standard InChI is InChI=1S/C19H21N3O3/c23-19(21-13-14-3-1-7-20-12-14)22-8-2-4-16(22)15-5-6-17-18(11-15)25-10-9-24-17/h1,3,5-7,11-12,16H,2,4,8-10,13H2,(H,21,23)/t16-/m0/s1. The van der Waals surface area contributed by atoms with E-state index in [1.807, 2.05) is 35.2 Å². The summed E-state index contributed by atoms with van der Waals surface area (Å²) in [5.74, 6) is 1.55. The van der Waals surface area contributed by atoms with Crippen LogP contribution in [0, 0.1) is 0 Å². The van der Waals surface area contributed by atoms with Crippen LogP contribution in [0.4, 0.5) is 4.79 Å². The molecule has 4 rings (SSSR count). The lowest BCUT2D eigenvalue weighted by molar-refractivity contribution is 0.170. The van der Waals surface area contributed by atoms with Crippen molar-refractivity contribution < 1.29 is 14.3 Å². The van der Waals surface area contributed by atoms with Gasteiger partial charge in [0.25, 0.3) is 0 Å². The fraction of sp³-hybridized carbons (Fsp3) is 0.368. The van der Waals surface area contributed by atoms with E-state index >= 15 is 0 Å². The molecule has 6 nitrogen and oxygen atoms in total. The van der Waals surface area contributed by atoms with Crippen LogP contribution < -0.4 is 14.8 Å². The van der Waals surface area contributed by atoms with E-state index in [4.69, 9.17) is 9.47 Å². The maximum absolute atomic E-state index is 12.6. The Morgan fingerprint density at radius 1 is 1.24 bits per heavy atom. The van der Waals surface area contributed by atoms with Gasteiger partial charge in [-0.05, 0) is 42.2 Å². The molecule has 25 heavy (non-hydrogen) atoms. The zero-order valence-electron chi connectivity index (χ0n) is 14.0. The molecule has 2 aliphatic rings. The Bertz CT molecular complexity index is 751. The van der Waals surface area contributed by atoms with Gasteiger partial charge in [0, 0.05) is 25.5 Å². The molecule has 130 valence electrons. The summed E-state index contributed by atoms with van der Waals surface area (Å²) in [7, 11) is 0. The molecular weight excluding hydrogens is 318 g/mol. The summed E-state index contributed by atoms with van der Waals surface area (Å²) in [5.41, 5.74) is 2.09. The number of ether oxygens (including phenoxy) is 2. The van der Waals surface area contributed by atoms with Crippen LogP contribution in [0.3, 0.4) is 0 Å². The third kappa shape index (κ3) is 3.38. The van der Waals surface area contributed by atoms with Crippen molar-refractivity contribution in [3.8, 4) is 11.5 Å². The van der Waals surface area contributed by atoms with Crippen molar-refractivity contribution >= 4 is 6.03 Å². The Hall–Kier alpha value is -2.76. The van der Waals surface area contributed by atoms with Crippen molar-refractivity contribution in [3.63, 3.8) is 0 Å². The number of fused-ring (bicyclic) bond motifs is 1. The van der Waals surface area contributed by atoms with E-state index < -0.39 is 0 Å². The minimum Gasteiger partial charge on any atom is -0.486 e. The molecule has 0 radical (unpaired) electrons. The number of aromatic nitrogens is 1. The smallest absolute Gasteiger partial charge is 0.318 e. The first-order valence-electron chi connectivity index (χ1n) is 8.64. The number of nitrogens with one attached hydrogen (secondary N) is 1. The van der Waals surface area contributed by atoms with E-state index in [2.05, 4.69) is 10.3 Å². The van der Waals surface area contributed by atoms with Crippen molar-refractivity contribution in [2.75, 3.05) is 19.8 Å². The average Bonchev–Trinajstić information content (AvgIpc) is 3.16. The topological polar surface area (TPSA) is 63.7 Å². The maximum atomic E-state index is 12.6. The second-order valence-corrected chi connectivity index (χ2v) is 6.27. The van der Waals surface area contributed by atoms with E-state index in [0.29, 0.717) is 19.8 Å². The van der Waals surface area contributed by atoms with Crippen LogP contribution in [0.2, 0.25) is 0 Å². The number of carbonyl (C=O) groups is 1. The van der Waals surface area contributed by atoms with Gasteiger partial charge in [-0.2, -0.15) is 0 Å². The van der Waals surface area contributed by atoms with E-state index in [1.165, 1.54) is 0 Å². The molecule has 2 amide bonds. The molecule has 2 aromatic rings. The largest absolute Gasteiger partial charge is 0.486 e. The van der Waals surface area contributed by atoms with Crippen LogP contribution in [-0.2, 0) is 6.54 Å². The highest BCUT2D eigenvalue weighted by Crippen LogP contribution is 2.38. The molecule has 1 aromatic carbocycles. The molecule has 1 N–H and O–H groups in total. The van der Waals surface area contributed by atoms with E-state index in [0.717, 1.165) is 42.0 Å². The first kappa shape index (κ1) is 15.7. The fourth-order valence-corrected chi connectivity index (χ4v) is 3.41. The Morgan fingerprint density at radius 2 is 2.12 bits per heavy atom. The Labute approximate surface area is 146 Å². The van der Waals surface area contributed by atoms with Gasteiger partial charge >= 0.3 is 6.03 Å². The van der Waals surface area contributed by atoms with Crippen molar-refractivity contribution in [1.82, 2.24) is 15.2 Å². The number of rotatable bonds is 3. The van der Waals surface area contributed by atoms with Gasteiger partial charge < -0.3 is 19.7 Å². The second kappa shape index (κ2) is 7.01. The summed E-state index contributed by atoms with van der Waals surface area (Å²) < 4.78 is 11.3. The molecule has 1 fully saturated rings. The van der Waals surface area contributed by atoms with E-state index in [9.17, 15) is 4.79 Å². The molecule has 1 atom stereocenters. The molecule has 1 saturated heterocycles. The molecule has 0 spiro atoms. The molecule has 6 heteroatoms. The highest BCUT2D eigenvalue weighted by Gasteiger charge is 2.30. The van der Waals surface area contributed by atoms with Gasteiger partial charge in [-0.1, -0.05) is 12.1 Å². The number of hydrogen-bond acceptors (Lipinski definition) is 4. The summed E-state index contributed by atoms with van der Waals surface area (Å²) in [6.45, 7) is 2.39. The number of likely N-dealkylation sites (tertiary alicyclic amines) is 1. The normalized spacial score (nSPS) is 18.9. The van der Waals surface area contributed by atoms with E-state index in [1.54, 1.807) is 12.4 Å². The molecule has 0 unspecified atom stereocenters. The number of benzene rings is 1. The lowest BCUT2D eigenvalue weighted by Crippen LogP contribution is -2.39. The van der Waals surface area contributed by atoms with Gasteiger partial charge in [0.1, 0.15) is 13.2 Å². The molecule has 0 saturated carbocycles. The van der Waals surface area contributed by atoms with Crippen LogP contribution in [0.25, 0.3) is 0 Å². The number of amides is 2. The molecule has 2 aliphatic heterocycles. The number of pyridine rings is 1. The molecule has 0 aliphatic carbocycles. The molecule has 0 bridgehead atoms. The van der Waals surface area contributed by atoms with Crippen LogP contribution in [0.5, 0.6) is 11.5 Å². The van der Waals surface area contributed by atoms with Crippen molar-refractivity contribution in [2.24, 2.45) is 0 Å². The minimum absolute atomic E-state index is 0.0405. The van der Waals surface area contributed by atoms with Gasteiger partial charge in [0.15, 0.2) is 11.5 Å². The zero-order chi connectivity index (χ0) is 17.1. The summed E-state index contributed by atoms with van der Waals surface area (Å²) in [5, 5.41) is 2.99. The first-order chi connectivity index (χ1) is 12.3. The van der Waals surface area contributed by atoms with Crippen LogP contribution in [-0.4, -0.2) is 35.7 Å². The maximum Gasteiger partial charge on any atom is 0.318 e. The Kier molecular flexibility index (Phi) is 4.41. The number of urea groups is 1. The van der Waals surface area contributed by atoms with Crippen molar-refractivity contribution in [2.45, 2.75) is 25.4 Å². The number of carbonyl (C=O) groups excluding carboxylic acids is 1. The van der Waals surface area contributed by atoms with Crippen molar-refractivity contribution in [1.29, 1.82) is 0 Å². The van der Waals surface area contributed by atoms with E-state index in [-0.39, 0.29) is 12.1 Å². The molecular formula is C19H21N3O3. The lowest BCUT2D eigenvalue weighted by atomic mass is 10.0. The minimum atomic E-state index is -0.0405. The predicted octanol–water partition coefficient (Wildman–Crippen LogP) is 2.90. The first-order valence-corrected chi connectivity index (χ1v) is 8.64. The lowest BCUT2D eigenvalue weighted by Gasteiger charge is -2.27. The summed E-state index contributed by atoms with van der Waals surface area (Å²) in [6.07, 6.45) is 5.45. The highest BCUT2D eigenvalue weighted by molar-refractivity contribution is 5.75. The Balaban J connectivity index is 1.45. The van der Waals surface area contributed by atoms with Gasteiger partial charge in [0.05, 0.1) is 6.04 Å². The van der Waals surface area contributed by atoms with Crippen LogP contribution in [0.1, 0.15) is 30.0 Å². The number of nitrogens with zero attached hydrogens (tertiary/aromatic N) is 2.